The molecule has 1 saturated heterocycles. The van der Waals surface area contributed by atoms with Gasteiger partial charge in [-0.1, -0.05) is 25.4 Å². The summed E-state index contributed by atoms with van der Waals surface area (Å²) in [5.74, 6) is -0.897. The number of benzene rings is 1. The van der Waals surface area contributed by atoms with E-state index >= 15 is 0 Å². The largest absolute Gasteiger partial charge is 0.478 e. The van der Waals surface area contributed by atoms with Gasteiger partial charge in [0.15, 0.2) is 0 Å². The first kappa shape index (κ1) is 13.2. The Kier molecular flexibility index (Phi) is 3.53. The molecular weight excluding hydrogens is 250 g/mol. The van der Waals surface area contributed by atoms with E-state index in [9.17, 15) is 9.90 Å². The molecule has 0 radical (unpaired) electrons. The van der Waals surface area contributed by atoms with Gasteiger partial charge in [0.2, 0.25) is 0 Å². The Labute approximate surface area is 112 Å². The normalized spacial score (nSPS) is 18.7. The number of hydrogen-bond acceptors (Lipinski definition) is 2. The lowest BCUT2D eigenvalue weighted by Crippen LogP contribution is -2.38. The van der Waals surface area contributed by atoms with Crippen molar-refractivity contribution in [3.8, 4) is 0 Å². The second kappa shape index (κ2) is 4.81. The lowest BCUT2D eigenvalue weighted by molar-refractivity contribution is 0.0697. The minimum atomic E-state index is -0.897. The number of rotatable bonds is 2. The number of anilines is 1. The zero-order valence-electron chi connectivity index (χ0n) is 10.7. The highest BCUT2D eigenvalue weighted by Gasteiger charge is 2.27. The number of carbonyl (C=O) groups is 1. The van der Waals surface area contributed by atoms with Crippen LogP contribution in [0.2, 0.25) is 5.02 Å². The molecule has 18 heavy (non-hydrogen) atoms. The van der Waals surface area contributed by atoms with Crippen LogP contribution in [0.15, 0.2) is 18.2 Å². The average molecular weight is 268 g/mol. The van der Waals surface area contributed by atoms with Crippen LogP contribution in [0.3, 0.4) is 0 Å². The molecule has 0 aromatic heterocycles. The molecule has 0 amide bonds. The zero-order valence-corrected chi connectivity index (χ0v) is 11.5. The molecule has 1 heterocycles. The van der Waals surface area contributed by atoms with E-state index in [2.05, 4.69) is 18.7 Å². The number of nitrogens with zero attached hydrogens (tertiary/aromatic N) is 1. The van der Waals surface area contributed by atoms with E-state index in [1.165, 1.54) is 0 Å². The third-order valence-corrected chi connectivity index (χ3v) is 3.88. The van der Waals surface area contributed by atoms with Crippen LogP contribution in [-0.4, -0.2) is 24.2 Å². The summed E-state index contributed by atoms with van der Waals surface area (Å²) >= 11 is 5.98. The zero-order chi connectivity index (χ0) is 13.3. The predicted molar refractivity (Wildman–Crippen MR) is 73.6 cm³/mol. The van der Waals surface area contributed by atoms with Gasteiger partial charge in [-0.15, -0.1) is 0 Å². The van der Waals surface area contributed by atoms with Crippen LogP contribution in [0.1, 0.15) is 37.0 Å². The van der Waals surface area contributed by atoms with E-state index in [1.54, 1.807) is 18.2 Å². The molecule has 1 fully saturated rings. The molecule has 1 aliphatic heterocycles. The second-order valence-electron chi connectivity index (χ2n) is 5.62. The molecule has 0 saturated carbocycles. The summed E-state index contributed by atoms with van der Waals surface area (Å²) in [6.45, 7) is 6.27. The highest BCUT2D eigenvalue weighted by atomic mass is 35.5. The number of hydrogen-bond donors (Lipinski definition) is 1. The third-order valence-electron chi connectivity index (χ3n) is 3.65. The van der Waals surface area contributed by atoms with Gasteiger partial charge >= 0.3 is 5.97 Å². The van der Waals surface area contributed by atoms with Crippen LogP contribution >= 0.6 is 11.6 Å². The van der Waals surface area contributed by atoms with Crippen molar-refractivity contribution < 1.29 is 9.90 Å². The maximum Gasteiger partial charge on any atom is 0.337 e. The SMILES string of the molecule is CC1(C)CCN(c2cc(Cl)ccc2C(=O)O)CC1. The molecule has 0 unspecified atom stereocenters. The molecule has 0 aliphatic carbocycles. The summed E-state index contributed by atoms with van der Waals surface area (Å²) in [4.78, 5) is 13.4. The van der Waals surface area contributed by atoms with Crippen LogP contribution in [0, 0.1) is 5.41 Å². The Morgan fingerprint density at radius 3 is 2.50 bits per heavy atom. The standard InChI is InChI=1S/C14H18ClNO2/c1-14(2)5-7-16(8-6-14)12-9-10(15)3-4-11(12)13(17)18/h3-4,9H,5-8H2,1-2H3,(H,17,18). The van der Waals surface area contributed by atoms with Crippen LogP contribution in [-0.2, 0) is 0 Å². The number of aromatic carboxylic acids is 1. The third kappa shape index (κ3) is 2.78. The summed E-state index contributed by atoms with van der Waals surface area (Å²) in [6.07, 6.45) is 2.14. The van der Waals surface area contributed by atoms with Gasteiger partial charge in [-0.2, -0.15) is 0 Å². The molecule has 1 aromatic carbocycles. The topological polar surface area (TPSA) is 40.5 Å². The number of halogens is 1. The minimum absolute atomic E-state index is 0.333. The second-order valence-corrected chi connectivity index (χ2v) is 6.05. The van der Waals surface area contributed by atoms with Gasteiger partial charge in [0.1, 0.15) is 0 Å². The molecule has 1 aliphatic rings. The fourth-order valence-corrected chi connectivity index (χ4v) is 2.47. The Morgan fingerprint density at radius 1 is 1.33 bits per heavy atom. The lowest BCUT2D eigenvalue weighted by Gasteiger charge is -2.38. The first-order chi connectivity index (χ1) is 8.39. The van der Waals surface area contributed by atoms with Gasteiger partial charge in [-0.25, -0.2) is 4.79 Å². The first-order valence-corrected chi connectivity index (χ1v) is 6.55. The van der Waals surface area contributed by atoms with Crippen molar-refractivity contribution in [2.75, 3.05) is 18.0 Å². The number of carboxylic acid groups (broad SMARTS) is 1. The minimum Gasteiger partial charge on any atom is -0.478 e. The molecule has 3 nitrogen and oxygen atoms in total. The molecule has 98 valence electrons. The molecule has 1 aromatic rings. The summed E-state index contributed by atoms with van der Waals surface area (Å²) in [5.41, 5.74) is 1.42. The fraction of sp³-hybridized carbons (Fsp3) is 0.500. The van der Waals surface area contributed by atoms with E-state index in [0.29, 0.717) is 16.0 Å². The monoisotopic (exact) mass is 267 g/mol. The number of piperidine rings is 1. The summed E-state index contributed by atoms with van der Waals surface area (Å²) in [6, 6.07) is 4.96. The Balaban J connectivity index is 2.28. The van der Waals surface area contributed by atoms with E-state index in [-0.39, 0.29) is 0 Å². The number of carboxylic acids is 1. The lowest BCUT2D eigenvalue weighted by atomic mass is 9.82. The van der Waals surface area contributed by atoms with Gasteiger partial charge in [0.05, 0.1) is 11.3 Å². The quantitative estimate of drug-likeness (QED) is 0.889. The van der Waals surface area contributed by atoms with Crippen molar-refractivity contribution in [1.29, 1.82) is 0 Å². The molecule has 0 bridgehead atoms. The van der Waals surface area contributed by atoms with Crippen molar-refractivity contribution in [3.05, 3.63) is 28.8 Å². The van der Waals surface area contributed by atoms with Crippen LogP contribution in [0.4, 0.5) is 5.69 Å². The van der Waals surface area contributed by atoms with Gasteiger partial charge in [-0.3, -0.25) is 0 Å². The van der Waals surface area contributed by atoms with Crippen molar-refractivity contribution >= 4 is 23.3 Å². The van der Waals surface area contributed by atoms with Crippen molar-refractivity contribution in [3.63, 3.8) is 0 Å². The maximum atomic E-state index is 11.2. The highest BCUT2D eigenvalue weighted by Crippen LogP contribution is 2.34. The van der Waals surface area contributed by atoms with Crippen LogP contribution < -0.4 is 4.90 Å². The predicted octanol–water partition coefficient (Wildman–Crippen LogP) is 3.66. The highest BCUT2D eigenvalue weighted by molar-refractivity contribution is 6.31. The summed E-state index contributed by atoms with van der Waals surface area (Å²) < 4.78 is 0. The van der Waals surface area contributed by atoms with Gasteiger partial charge in [-0.05, 0) is 36.5 Å². The van der Waals surface area contributed by atoms with E-state index in [1.807, 2.05) is 0 Å². The van der Waals surface area contributed by atoms with E-state index < -0.39 is 5.97 Å². The van der Waals surface area contributed by atoms with Crippen LogP contribution in [0.5, 0.6) is 0 Å². The molecule has 0 spiro atoms. The summed E-state index contributed by atoms with van der Waals surface area (Å²) in [7, 11) is 0. The van der Waals surface area contributed by atoms with Gasteiger partial charge < -0.3 is 10.0 Å². The molecule has 0 atom stereocenters. The van der Waals surface area contributed by atoms with Gasteiger partial charge in [0, 0.05) is 18.1 Å². The Morgan fingerprint density at radius 2 is 1.94 bits per heavy atom. The Bertz CT molecular complexity index is 461. The van der Waals surface area contributed by atoms with Crippen LogP contribution in [0.25, 0.3) is 0 Å². The summed E-state index contributed by atoms with van der Waals surface area (Å²) in [5, 5.41) is 9.80. The van der Waals surface area contributed by atoms with E-state index in [4.69, 9.17) is 11.6 Å². The first-order valence-electron chi connectivity index (χ1n) is 6.17. The molecule has 2 rings (SSSR count). The van der Waals surface area contributed by atoms with Gasteiger partial charge in [0.25, 0.3) is 0 Å². The van der Waals surface area contributed by atoms with Crippen molar-refractivity contribution in [1.82, 2.24) is 0 Å². The Hall–Kier alpha value is -1.22. The van der Waals surface area contributed by atoms with E-state index in [0.717, 1.165) is 31.6 Å². The van der Waals surface area contributed by atoms with Crippen molar-refractivity contribution in [2.24, 2.45) is 5.41 Å². The molecular formula is C14H18ClNO2. The maximum absolute atomic E-state index is 11.2. The van der Waals surface area contributed by atoms with Crippen molar-refractivity contribution in [2.45, 2.75) is 26.7 Å². The fourth-order valence-electron chi connectivity index (χ4n) is 2.30. The average Bonchev–Trinajstić information content (AvgIpc) is 2.28. The molecule has 1 N–H and O–H groups in total. The smallest absolute Gasteiger partial charge is 0.337 e. The molecule has 4 heteroatoms.